The molecule has 1 atom stereocenters. The smallest absolute Gasteiger partial charge is 0.236 e. The van der Waals surface area contributed by atoms with Gasteiger partial charge in [-0.15, -0.1) is 11.3 Å². The fraction of sp³-hybridized carbons (Fsp3) is 0.643. The highest BCUT2D eigenvalue weighted by molar-refractivity contribution is 7.09. The van der Waals surface area contributed by atoms with E-state index >= 15 is 0 Å². The van der Waals surface area contributed by atoms with Gasteiger partial charge >= 0.3 is 0 Å². The van der Waals surface area contributed by atoms with Crippen LogP contribution in [0.2, 0.25) is 0 Å². The number of carbonyl (C=O) groups is 1. The number of aliphatic hydroxyl groups excluding tert-OH is 1. The van der Waals surface area contributed by atoms with E-state index in [0.29, 0.717) is 19.7 Å². The topological polar surface area (TPSA) is 61.8 Å². The predicted molar refractivity (Wildman–Crippen MR) is 78.7 cm³/mol. The highest BCUT2D eigenvalue weighted by atomic mass is 32.1. The Morgan fingerprint density at radius 2 is 2.30 bits per heavy atom. The minimum atomic E-state index is -0.582. The van der Waals surface area contributed by atoms with Gasteiger partial charge in [-0.25, -0.2) is 0 Å². The lowest BCUT2D eigenvalue weighted by atomic mass is 10.3. The van der Waals surface area contributed by atoms with Gasteiger partial charge in [0.15, 0.2) is 0 Å². The molecule has 1 amide bonds. The molecule has 1 aliphatic rings. The van der Waals surface area contributed by atoms with Crippen LogP contribution in [0.25, 0.3) is 0 Å². The molecule has 1 fully saturated rings. The predicted octanol–water partition coefficient (Wildman–Crippen LogP) is 0.838. The second-order valence-corrected chi connectivity index (χ2v) is 6.00. The van der Waals surface area contributed by atoms with Crippen molar-refractivity contribution in [3.63, 3.8) is 0 Å². The lowest BCUT2D eigenvalue weighted by Gasteiger charge is -2.16. The van der Waals surface area contributed by atoms with E-state index in [0.717, 1.165) is 30.8 Å². The van der Waals surface area contributed by atoms with Gasteiger partial charge in [0.25, 0.3) is 0 Å². The number of thiophene rings is 1. The van der Waals surface area contributed by atoms with Crippen molar-refractivity contribution in [3.8, 4) is 0 Å². The van der Waals surface area contributed by atoms with Crippen LogP contribution in [0.4, 0.5) is 0 Å². The quantitative estimate of drug-likeness (QED) is 0.746. The molecule has 0 aromatic carbocycles. The van der Waals surface area contributed by atoms with Crippen LogP contribution in [0, 0.1) is 0 Å². The zero-order valence-corrected chi connectivity index (χ0v) is 12.4. The molecule has 1 unspecified atom stereocenters. The van der Waals surface area contributed by atoms with Gasteiger partial charge < -0.3 is 20.1 Å². The molecule has 2 heterocycles. The van der Waals surface area contributed by atoms with Gasteiger partial charge in [0.05, 0.1) is 25.9 Å². The molecule has 0 spiro atoms. The van der Waals surface area contributed by atoms with E-state index in [9.17, 15) is 9.90 Å². The second kappa shape index (κ2) is 8.36. The van der Waals surface area contributed by atoms with E-state index in [2.05, 4.69) is 5.32 Å². The van der Waals surface area contributed by atoms with Crippen LogP contribution in [-0.2, 0) is 16.1 Å². The molecule has 5 nitrogen and oxygen atoms in total. The van der Waals surface area contributed by atoms with Crippen molar-refractivity contribution in [2.24, 2.45) is 0 Å². The SMILES string of the molecule is O=C(CNCC(O)COCc1cccs1)N1CCCC1. The first kappa shape index (κ1) is 15.4. The number of carbonyl (C=O) groups excluding carboxylic acids is 1. The molecule has 2 N–H and O–H groups in total. The molecule has 1 aliphatic heterocycles. The van der Waals surface area contributed by atoms with E-state index < -0.39 is 6.10 Å². The van der Waals surface area contributed by atoms with Crippen molar-refractivity contribution < 1.29 is 14.6 Å². The molecule has 0 saturated carbocycles. The Hall–Kier alpha value is -0.950. The molecule has 112 valence electrons. The minimum absolute atomic E-state index is 0.120. The summed E-state index contributed by atoms with van der Waals surface area (Å²) in [6.45, 7) is 3.22. The number of rotatable bonds is 8. The molecular weight excluding hydrogens is 276 g/mol. The molecule has 6 heteroatoms. The summed E-state index contributed by atoms with van der Waals surface area (Å²) in [4.78, 5) is 14.8. The normalized spacial score (nSPS) is 16.6. The molecule has 1 aromatic heterocycles. The Balaban J connectivity index is 1.51. The lowest BCUT2D eigenvalue weighted by Crippen LogP contribution is -2.39. The summed E-state index contributed by atoms with van der Waals surface area (Å²) in [7, 11) is 0. The number of nitrogens with one attached hydrogen (secondary N) is 1. The van der Waals surface area contributed by atoms with Gasteiger partial charge in [-0.3, -0.25) is 4.79 Å². The number of aliphatic hydroxyl groups is 1. The van der Waals surface area contributed by atoms with Gasteiger partial charge in [-0.1, -0.05) is 6.07 Å². The average molecular weight is 298 g/mol. The van der Waals surface area contributed by atoms with Crippen LogP contribution in [0.1, 0.15) is 17.7 Å². The maximum atomic E-state index is 11.7. The Morgan fingerprint density at radius 1 is 1.50 bits per heavy atom. The zero-order chi connectivity index (χ0) is 14.2. The van der Waals surface area contributed by atoms with Gasteiger partial charge in [0, 0.05) is 24.5 Å². The maximum Gasteiger partial charge on any atom is 0.236 e. The maximum absolute atomic E-state index is 11.7. The monoisotopic (exact) mass is 298 g/mol. The molecule has 1 saturated heterocycles. The second-order valence-electron chi connectivity index (χ2n) is 4.97. The van der Waals surface area contributed by atoms with Crippen LogP contribution >= 0.6 is 11.3 Å². The average Bonchev–Trinajstić information content (AvgIpc) is 3.12. The third-order valence-electron chi connectivity index (χ3n) is 3.25. The van der Waals surface area contributed by atoms with E-state index in [1.54, 1.807) is 11.3 Å². The Bertz CT molecular complexity index is 391. The standard InChI is InChI=1S/C14H22N2O3S/c17-12(10-19-11-13-4-3-7-20-13)8-15-9-14(18)16-5-1-2-6-16/h3-4,7,12,15,17H,1-2,5-6,8-11H2. The number of likely N-dealkylation sites (tertiary alicyclic amines) is 1. The van der Waals surface area contributed by atoms with Crippen molar-refractivity contribution >= 4 is 17.2 Å². The zero-order valence-electron chi connectivity index (χ0n) is 11.6. The number of nitrogens with zero attached hydrogens (tertiary/aromatic N) is 1. The molecule has 0 bridgehead atoms. The fourth-order valence-electron chi connectivity index (χ4n) is 2.17. The summed E-state index contributed by atoms with van der Waals surface area (Å²) in [5.74, 6) is 0.120. The molecular formula is C14H22N2O3S. The Labute approximate surface area is 123 Å². The lowest BCUT2D eigenvalue weighted by molar-refractivity contribution is -0.129. The number of hydrogen-bond donors (Lipinski definition) is 2. The third-order valence-corrected chi connectivity index (χ3v) is 4.10. The first-order valence-electron chi connectivity index (χ1n) is 7.02. The van der Waals surface area contributed by atoms with Crippen molar-refractivity contribution in [2.45, 2.75) is 25.6 Å². The van der Waals surface area contributed by atoms with Crippen LogP contribution in [-0.4, -0.2) is 54.8 Å². The number of amides is 1. The van der Waals surface area contributed by atoms with E-state index in [-0.39, 0.29) is 12.5 Å². The van der Waals surface area contributed by atoms with Gasteiger partial charge in [0.2, 0.25) is 5.91 Å². The number of ether oxygens (including phenoxy) is 1. The summed E-state index contributed by atoms with van der Waals surface area (Å²) in [6.07, 6.45) is 1.62. The van der Waals surface area contributed by atoms with Crippen LogP contribution in [0.15, 0.2) is 17.5 Å². The van der Waals surface area contributed by atoms with Crippen molar-refractivity contribution in [1.29, 1.82) is 0 Å². The highest BCUT2D eigenvalue weighted by Gasteiger charge is 2.17. The van der Waals surface area contributed by atoms with Crippen molar-refractivity contribution in [1.82, 2.24) is 10.2 Å². The van der Waals surface area contributed by atoms with Crippen molar-refractivity contribution in [3.05, 3.63) is 22.4 Å². The fourth-order valence-corrected chi connectivity index (χ4v) is 2.81. The molecule has 0 aliphatic carbocycles. The summed E-state index contributed by atoms with van der Waals surface area (Å²) < 4.78 is 5.42. The van der Waals surface area contributed by atoms with E-state index in [1.165, 1.54) is 0 Å². The van der Waals surface area contributed by atoms with Crippen LogP contribution < -0.4 is 5.32 Å². The van der Waals surface area contributed by atoms with Gasteiger partial charge in [0.1, 0.15) is 0 Å². The molecule has 1 aromatic rings. The van der Waals surface area contributed by atoms with Gasteiger partial charge in [-0.05, 0) is 24.3 Å². The third kappa shape index (κ3) is 5.20. The first-order chi connectivity index (χ1) is 9.75. The Kier molecular flexibility index (Phi) is 6.46. The summed E-state index contributed by atoms with van der Waals surface area (Å²) in [5, 5.41) is 14.7. The largest absolute Gasteiger partial charge is 0.389 e. The highest BCUT2D eigenvalue weighted by Crippen LogP contribution is 2.09. The van der Waals surface area contributed by atoms with E-state index in [1.807, 2.05) is 22.4 Å². The Morgan fingerprint density at radius 3 is 3.00 bits per heavy atom. The summed E-state index contributed by atoms with van der Waals surface area (Å²) >= 11 is 1.64. The van der Waals surface area contributed by atoms with E-state index in [4.69, 9.17) is 4.74 Å². The number of hydrogen-bond acceptors (Lipinski definition) is 5. The van der Waals surface area contributed by atoms with Crippen LogP contribution in [0.5, 0.6) is 0 Å². The molecule has 0 radical (unpaired) electrons. The summed E-state index contributed by atoms with van der Waals surface area (Å²) in [5.41, 5.74) is 0. The summed E-state index contributed by atoms with van der Waals surface area (Å²) in [6, 6.07) is 3.98. The van der Waals surface area contributed by atoms with Crippen LogP contribution in [0.3, 0.4) is 0 Å². The molecule has 2 rings (SSSR count). The van der Waals surface area contributed by atoms with Gasteiger partial charge in [-0.2, -0.15) is 0 Å². The van der Waals surface area contributed by atoms with Crippen molar-refractivity contribution in [2.75, 3.05) is 32.8 Å². The molecule has 20 heavy (non-hydrogen) atoms. The minimum Gasteiger partial charge on any atom is -0.389 e. The first-order valence-corrected chi connectivity index (χ1v) is 7.90.